The predicted molar refractivity (Wildman–Crippen MR) is 75.5 cm³/mol. The highest BCUT2D eigenvalue weighted by Crippen LogP contribution is 2.33. The van der Waals surface area contributed by atoms with Gasteiger partial charge in [0.2, 0.25) is 0 Å². The molecule has 0 saturated carbocycles. The second-order valence-electron chi connectivity index (χ2n) is 4.02. The summed E-state index contributed by atoms with van der Waals surface area (Å²) < 4.78 is 6.49. The molecule has 2 N–H and O–H groups in total. The zero-order chi connectivity index (χ0) is 13.1. The Hall–Kier alpha value is -1.55. The maximum atomic E-state index is 11.2. The van der Waals surface area contributed by atoms with Gasteiger partial charge in [0.25, 0.3) is 5.91 Å². The van der Waals surface area contributed by atoms with Crippen molar-refractivity contribution in [2.45, 2.75) is 19.4 Å². The minimum atomic E-state index is -0.595. The van der Waals surface area contributed by atoms with Gasteiger partial charge in [-0.3, -0.25) is 4.79 Å². The van der Waals surface area contributed by atoms with Gasteiger partial charge >= 0.3 is 0 Å². The van der Waals surface area contributed by atoms with Crippen molar-refractivity contribution in [3.05, 3.63) is 40.9 Å². The maximum Gasteiger partial charge on any atom is 0.258 e. The molecular weight excluding hydrogens is 294 g/mol. The van der Waals surface area contributed by atoms with Crippen LogP contribution in [0.5, 0.6) is 5.75 Å². The fourth-order valence-corrected chi connectivity index (χ4v) is 2.39. The number of hydrogen-bond donors (Lipinski definition) is 1. The van der Waals surface area contributed by atoms with E-state index in [9.17, 15) is 4.79 Å². The standard InChI is InChI=1S/C14H14BrNO2/c1-2-11(14(16)17)18-12-8-7-9-5-3-4-6-10(9)13(12)15/h3-8,11H,2H2,1H3,(H2,16,17). The lowest BCUT2D eigenvalue weighted by atomic mass is 10.1. The summed E-state index contributed by atoms with van der Waals surface area (Å²) in [7, 11) is 0. The van der Waals surface area contributed by atoms with E-state index in [1.807, 2.05) is 43.3 Å². The van der Waals surface area contributed by atoms with E-state index >= 15 is 0 Å². The lowest BCUT2D eigenvalue weighted by Crippen LogP contribution is -2.33. The molecule has 0 radical (unpaired) electrons. The van der Waals surface area contributed by atoms with E-state index < -0.39 is 12.0 Å². The fraction of sp³-hybridized carbons (Fsp3) is 0.214. The average Bonchev–Trinajstić information content (AvgIpc) is 2.38. The molecule has 0 aliphatic carbocycles. The molecule has 0 aliphatic rings. The van der Waals surface area contributed by atoms with Crippen LogP contribution in [0.15, 0.2) is 40.9 Å². The van der Waals surface area contributed by atoms with Crippen LogP contribution in [0.2, 0.25) is 0 Å². The number of ether oxygens (including phenoxy) is 1. The molecule has 2 aromatic carbocycles. The van der Waals surface area contributed by atoms with Gasteiger partial charge in [0.05, 0.1) is 4.47 Å². The molecule has 0 aliphatic heterocycles. The second kappa shape index (κ2) is 5.40. The van der Waals surface area contributed by atoms with Crippen LogP contribution in [-0.4, -0.2) is 12.0 Å². The fourth-order valence-electron chi connectivity index (χ4n) is 1.80. The molecule has 1 amide bonds. The van der Waals surface area contributed by atoms with Crippen molar-refractivity contribution in [2.24, 2.45) is 5.73 Å². The van der Waals surface area contributed by atoms with E-state index in [1.165, 1.54) is 0 Å². The molecule has 1 atom stereocenters. The van der Waals surface area contributed by atoms with Gasteiger partial charge in [-0.1, -0.05) is 37.3 Å². The van der Waals surface area contributed by atoms with Crippen molar-refractivity contribution in [3.63, 3.8) is 0 Å². The van der Waals surface area contributed by atoms with Crippen LogP contribution in [0.3, 0.4) is 0 Å². The van der Waals surface area contributed by atoms with Crippen molar-refractivity contribution in [3.8, 4) is 5.75 Å². The van der Waals surface area contributed by atoms with E-state index in [1.54, 1.807) is 0 Å². The highest BCUT2D eigenvalue weighted by atomic mass is 79.9. The second-order valence-corrected chi connectivity index (χ2v) is 4.81. The van der Waals surface area contributed by atoms with Crippen LogP contribution in [0.4, 0.5) is 0 Å². The summed E-state index contributed by atoms with van der Waals surface area (Å²) in [6.45, 7) is 1.87. The first-order chi connectivity index (χ1) is 8.63. The lowest BCUT2D eigenvalue weighted by molar-refractivity contribution is -0.124. The van der Waals surface area contributed by atoms with Gasteiger partial charge in [-0.05, 0) is 39.2 Å². The summed E-state index contributed by atoms with van der Waals surface area (Å²) >= 11 is 3.51. The molecule has 4 heteroatoms. The minimum absolute atomic E-state index is 0.447. The molecule has 0 saturated heterocycles. The van der Waals surface area contributed by atoms with Crippen LogP contribution >= 0.6 is 15.9 Å². The smallest absolute Gasteiger partial charge is 0.258 e. The van der Waals surface area contributed by atoms with Gasteiger partial charge in [0.15, 0.2) is 6.10 Å². The molecule has 18 heavy (non-hydrogen) atoms. The zero-order valence-corrected chi connectivity index (χ0v) is 11.6. The first kappa shape index (κ1) is 12.9. The Bertz CT molecular complexity index is 583. The van der Waals surface area contributed by atoms with Crippen molar-refractivity contribution in [1.29, 1.82) is 0 Å². The topological polar surface area (TPSA) is 52.3 Å². The number of hydrogen-bond acceptors (Lipinski definition) is 2. The summed E-state index contributed by atoms with van der Waals surface area (Å²) in [5.41, 5.74) is 5.28. The largest absolute Gasteiger partial charge is 0.479 e. The molecule has 0 spiro atoms. The molecule has 1 unspecified atom stereocenters. The molecule has 0 heterocycles. The van der Waals surface area contributed by atoms with Crippen LogP contribution in [0.25, 0.3) is 10.8 Å². The van der Waals surface area contributed by atoms with Gasteiger partial charge in [0, 0.05) is 0 Å². The number of fused-ring (bicyclic) bond motifs is 1. The number of nitrogens with two attached hydrogens (primary N) is 1. The number of halogens is 1. The van der Waals surface area contributed by atoms with Gasteiger partial charge in [-0.15, -0.1) is 0 Å². The maximum absolute atomic E-state index is 11.2. The first-order valence-electron chi connectivity index (χ1n) is 5.76. The summed E-state index contributed by atoms with van der Waals surface area (Å²) in [6.07, 6.45) is -0.0447. The summed E-state index contributed by atoms with van der Waals surface area (Å²) in [5.74, 6) is 0.192. The Morgan fingerprint density at radius 2 is 2.06 bits per heavy atom. The highest BCUT2D eigenvalue weighted by molar-refractivity contribution is 9.10. The Morgan fingerprint density at radius 1 is 1.33 bits per heavy atom. The quantitative estimate of drug-likeness (QED) is 0.942. The predicted octanol–water partition coefficient (Wildman–Crippen LogP) is 3.25. The van der Waals surface area contributed by atoms with E-state index in [2.05, 4.69) is 15.9 Å². The van der Waals surface area contributed by atoms with Crippen LogP contribution in [0.1, 0.15) is 13.3 Å². The van der Waals surface area contributed by atoms with Gasteiger partial charge in [0.1, 0.15) is 5.75 Å². The number of amides is 1. The Morgan fingerprint density at radius 3 is 2.72 bits per heavy atom. The molecular formula is C14H14BrNO2. The molecule has 2 aromatic rings. The summed E-state index contributed by atoms with van der Waals surface area (Å²) in [5, 5.41) is 2.16. The van der Waals surface area contributed by atoms with Gasteiger partial charge in [-0.2, -0.15) is 0 Å². The van der Waals surface area contributed by atoms with E-state index in [0.717, 1.165) is 15.2 Å². The Kier molecular flexibility index (Phi) is 3.87. The Labute approximate surface area is 114 Å². The van der Waals surface area contributed by atoms with Gasteiger partial charge in [-0.25, -0.2) is 0 Å². The molecule has 0 bridgehead atoms. The molecule has 0 aromatic heterocycles. The van der Waals surface area contributed by atoms with E-state index in [0.29, 0.717) is 12.2 Å². The monoisotopic (exact) mass is 307 g/mol. The normalized spacial score (nSPS) is 12.3. The first-order valence-corrected chi connectivity index (χ1v) is 6.56. The van der Waals surface area contributed by atoms with E-state index in [-0.39, 0.29) is 0 Å². The van der Waals surface area contributed by atoms with Crippen molar-refractivity contribution in [2.75, 3.05) is 0 Å². The molecule has 2 rings (SSSR count). The SMILES string of the molecule is CCC(Oc1ccc2ccccc2c1Br)C(N)=O. The van der Waals surface area contributed by atoms with Crippen molar-refractivity contribution in [1.82, 2.24) is 0 Å². The third-order valence-corrected chi connectivity index (χ3v) is 3.60. The van der Waals surface area contributed by atoms with Crippen molar-refractivity contribution < 1.29 is 9.53 Å². The summed E-state index contributed by atoms with van der Waals surface area (Å²) in [4.78, 5) is 11.2. The van der Waals surface area contributed by atoms with E-state index in [4.69, 9.17) is 10.5 Å². The zero-order valence-electron chi connectivity index (χ0n) is 10.0. The molecule has 0 fully saturated rings. The Balaban J connectivity index is 2.40. The van der Waals surface area contributed by atoms with Crippen LogP contribution in [-0.2, 0) is 4.79 Å². The van der Waals surface area contributed by atoms with Gasteiger partial charge < -0.3 is 10.5 Å². The average molecular weight is 308 g/mol. The highest BCUT2D eigenvalue weighted by Gasteiger charge is 2.16. The van der Waals surface area contributed by atoms with Crippen LogP contribution < -0.4 is 10.5 Å². The molecule has 3 nitrogen and oxygen atoms in total. The minimum Gasteiger partial charge on any atom is -0.479 e. The number of primary amides is 1. The number of benzene rings is 2. The third kappa shape index (κ3) is 2.48. The van der Waals surface area contributed by atoms with Crippen LogP contribution in [0, 0.1) is 0 Å². The summed E-state index contributed by atoms with van der Waals surface area (Å²) in [6, 6.07) is 11.8. The third-order valence-electron chi connectivity index (χ3n) is 2.79. The number of rotatable bonds is 4. The molecule has 94 valence electrons. The number of carbonyl (C=O) groups is 1. The van der Waals surface area contributed by atoms with Crippen molar-refractivity contribution >= 4 is 32.6 Å². The lowest BCUT2D eigenvalue weighted by Gasteiger charge is -2.16. The number of carbonyl (C=O) groups excluding carboxylic acids is 1.